The standard InChI is InChI=1S/C23H28N2O3S/c1-16-8-9-22(17(2)14-16)29(27,28)25-12-10-19(11-13-25)23(26)24-21-15-20(21)18-6-4-3-5-7-18/h3-9,14,19-21H,10-13,15H2,1-2H3,(H,24,26)/t20-,21+/m1/s1. The lowest BCUT2D eigenvalue weighted by atomic mass is 9.97. The molecule has 0 radical (unpaired) electrons. The Morgan fingerprint density at radius 3 is 2.38 bits per heavy atom. The Balaban J connectivity index is 1.33. The van der Waals surface area contributed by atoms with Crippen molar-refractivity contribution in [1.82, 2.24) is 9.62 Å². The third-order valence-corrected chi connectivity index (χ3v) is 8.18. The van der Waals surface area contributed by atoms with E-state index in [1.54, 1.807) is 6.07 Å². The summed E-state index contributed by atoms with van der Waals surface area (Å²) in [6, 6.07) is 15.9. The van der Waals surface area contributed by atoms with Crippen LogP contribution < -0.4 is 5.32 Å². The number of hydrogen-bond acceptors (Lipinski definition) is 3. The van der Waals surface area contributed by atoms with E-state index in [0.29, 0.717) is 36.7 Å². The number of aryl methyl sites for hydroxylation is 2. The van der Waals surface area contributed by atoms with E-state index in [9.17, 15) is 13.2 Å². The van der Waals surface area contributed by atoms with Crippen LogP contribution in [-0.4, -0.2) is 37.8 Å². The highest BCUT2D eigenvalue weighted by atomic mass is 32.2. The summed E-state index contributed by atoms with van der Waals surface area (Å²) in [7, 11) is -3.51. The van der Waals surface area contributed by atoms with E-state index < -0.39 is 10.0 Å². The van der Waals surface area contributed by atoms with E-state index in [0.717, 1.165) is 17.5 Å². The summed E-state index contributed by atoms with van der Waals surface area (Å²) in [4.78, 5) is 13.0. The monoisotopic (exact) mass is 412 g/mol. The Kier molecular flexibility index (Phi) is 5.49. The van der Waals surface area contributed by atoms with Gasteiger partial charge in [0.05, 0.1) is 4.90 Å². The SMILES string of the molecule is Cc1ccc(S(=O)(=O)N2CCC(C(=O)N[C@H]3C[C@@H]3c3ccccc3)CC2)c(C)c1. The maximum Gasteiger partial charge on any atom is 0.243 e. The minimum Gasteiger partial charge on any atom is -0.352 e. The Labute approximate surface area is 173 Å². The summed E-state index contributed by atoms with van der Waals surface area (Å²) >= 11 is 0. The van der Waals surface area contributed by atoms with Crippen molar-refractivity contribution in [2.75, 3.05) is 13.1 Å². The molecule has 0 unspecified atom stereocenters. The molecule has 0 bridgehead atoms. The van der Waals surface area contributed by atoms with Gasteiger partial charge in [0.15, 0.2) is 0 Å². The van der Waals surface area contributed by atoms with E-state index in [4.69, 9.17) is 0 Å². The molecule has 1 saturated carbocycles. The first-order chi connectivity index (χ1) is 13.9. The van der Waals surface area contributed by atoms with Crippen molar-refractivity contribution < 1.29 is 13.2 Å². The van der Waals surface area contributed by atoms with E-state index in [2.05, 4.69) is 17.4 Å². The zero-order valence-electron chi connectivity index (χ0n) is 17.0. The van der Waals surface area contributed by atoms with Crippen LogP contribution >= 0.6 is 0 Å². The summed E-state index contributed by atoms with van der Waals surface area (Å²) < 4.78 is 27.5. The molecule has 2 atom stereocenters. The van der Waals surface area contributed by atoms with Crippen LogP contribution in [0.2, 0.25) is 0 Å². The molecule has 2 fully saturated rings. The molecule has 154 valence electrons. The van der Waals surface area contributed by atoms with Crippen LogP contribution in [0.25, 0.3) is 0 Å². The van der Waals surface area contributed by atoms with E-state index in [1.807, 2.05) is 44.2 Å². The Morgan fingerprint density at radius 2 is 1.72 bits per heavy atom. The van der Waals surface area contributed by atoms with Crippen LogP contribution in [0.4, 0.5) is 0 Å². The van der Waals surface area contributed by atoms with E-state index >= 15 is 0 Å². The average molecular weight is 413 g/mol. The zero-order chi connectivity index (χ0) is 20.6. The number of sulfonamides is 1. The van der Waals surface area contributed by atoms with Gasteiger partial charge in [-0.3, -0.25) is 4.79 Å². The molecule has 2 aromatic rings. The van der Waals surface area contributed by atoms with Gasteiger partial charge < -0.3 is 5.32 Å². The molecule has 4 rings (SSSR count). The molecule has 1 N–H and O–H groups in total. The number of hydrogen-bond donors (Lipinski definition) is 1. The lowest BCUT2D eigenvalue weighted by Gasteiger charge is -2.31. The van der Waals surface area contributed by atoms with Crippen molar-refractivity contribution in [3.8, 4) is 0 Å². The fraction of sp³-hybridized carbons (Fsp3) is 0.435. The molecular formula is C23H28N2O3S. The van der Waals surface area contributed by atoms with Crippen molar-refractivity contribution in [3.63, 3.8) is 0 Å². The molecule has 29 heavy (non-hydrogen) atoms. The number of carbonyl (C=O) groups is 1. The number of nitrogens with zero attached hydrogens (tertiary/aromatic N) is 1. The molecule has 2 aromatic carbocycles. The van der Waals surface area contributed by atoms with Crippen molar-refractivity contribution in [2.45, 2.75) is 50.0 Å². The van der Waals surface area contributed by atoms with Crippen molar-refractivity contribution >= 4 is 15.9 Å². The van der Waals surface area contributed by atoms with Gasteiger partial charge in [-0.05, 0) is 50.3 Å². The van der Waals surface area contributed by atoms with Gasteiger partial charge >= 0.3 is 0 Å². The van der Waals surface area contributed by atoms with Gasteiger partial charge in [0.1, 0.15) is 0 Å². The third-order valence-electron chi connectivity index (χ3n) is 6.12. The van der Waals surface area contributed by atoms with Crippen LogP contribution in [-0.2, 0) is 14.8 Å². The van der Waals surface area contributed by atoms with Crippen LogP contribution in [0.3, 0.4) is 0 Å². The second-order valence-corrected chi connectivity index (χ2v) is 10.2. The number of amides is 1. The number of carbonyl (C=O) groups excluding carboxylic acids is 1. The molecule has 1 amide bonds. The van der Waals surface area contributed by atoms with Crippen LogP contribution in [0, 0.1) is 19.8 Å². The van der Waals surface area contributed by atoms with Gasteiger partial charge in [-0.25, -0.2) is 8.42 Å². The van der Waals surface area contributed by atoms with Crippen molar-refractivity contribution in [2.24, 2.45) is 5.92 Å². The van der Waals surface area contributed by atoms with Gasteiger partial charge in [-0.15, -0.1) is 0 Å². The summed E-state index contributed by atoms with van der Waals surface area (Å²) in [5.74, 6) is 0.361. The molecule has 0 aromatic heterocycles. The van der Waals surface area contributed by atoms with Gasteiger partial charge in [0, 0.05) is 31.0 Å². The fourth-order valence-electron chi connectivity index (χ4n) is 4.31. The highest BCUT2D eigenvalue weighted by Gasteiger charge is 2.41. The summed E-state index contributed by atoms with van der Waals surface area (Å²) in [6.45, 7) is 4.57. The Bertz CT molecular complexity index is 996. The first kappa shape index (κ1) is 20.1. The number of piperidine rings is 1. The first-order valence-corrected chi connectivity index (χ1v) is 11.7. The quantitative estimate of drug-likeness (QED) is 0.819. The van der Waals surface area contributed by atoms with Gasteiger partial charge in [-0.1, -0.05) is 48.0 Å². The number of nitrogens with one attached hydrogen (secondary N) is 1. The van der Waals surface area contributed by atoms with E-state index in [-0.39, 0.29) is 17.9 Å². The van der Waals surface area contributed by atoms with Crippen LogP contribution in [0.5, 0.6) is 0 Å². The predicted molar refractivity (Wildman–Crippen MR) is 113 cm³/mol. The molecule has 6 heteroatoms. The van der Waals surface area contributed by atoms with Gasteiger partial charge in [0.25, 0.3) is 0 Å². The van der Waals surface area contributed by atoms with Crippen molar-refractivity contribution in [1.29, 1.82) is 0 Å². The van der Waals surface area contributed by atoms with Gasteiger partial charge in [0.2, 0.25) is 15.9 Å². The highest BCUT2D eigenvalue weighted by Crippen LogP contribution is 2.41. The lowest BCUT2D eigenvalue weighted by molar-refractivity contribution is -0.126. The maximum absolute atomic E-state index is 13.0. The normalized spacial score (nSPS) is 23.0. The highest BCUT2D eigenvalue weighted by molar-refractivity contribution is 7.89. The first-order valence-electron chi connectivity index (χ1n) is 10.3. The number of rotatable bonds is 5. The van der Waals surface area contributed by atoms with E-state index in [1.165, 1.54) is 9.87 Å². The van der Waals surface area contributed by atoms with Gasteiger partial charge in [-0.2, -0.15) is 4.31 Å². The Hall–Kier alpha value is -2.18. The van der Waals surface area contributed by atoms with Crippen LogP contribution in [0.1, 0.15) is 41.9 Å². The third kappa shape index (κ3) is 4.23. The summed E-state index contributed by atoms with van der Waals surface area (Å²) in [5, 5.41) is 3.17. The molecule has 0 spiro atoms. The second kappa shape index (κ2) is 7.92. The predicted octanol–water partition coefficient (Wildman–Crippen LogP) is 3.38. The topological polar surface area (TPSA) is 66.5 Å². The molecular weight excluding hydrogens is 384 g/mol. The second-order valence-electron chi connectivity index (χ2n) is 8.32. The minimum atomic E-state index is -3.51. The average Bonchev–Trinajstić information content (AvgIpc) is 3.47. The molecule has 2 aliphatic rings. The largest absolute Gasteiger partial charge is 0.352 e. The van der Waals surface area contributed by atoms with Crippen molar-refractivity contribution in [3.05, 3.63) is 65.2 Å². The Morgan fingerprint density at radius 1 is 1.03 bits per heavy atom. The zero-order valence-corrected chi connectivity index (χ0v) is 17.8. The molecule has 1 saturated heterocycles. The fourth-order valence-corrected chi connectivity index (χ4v) is 5.99. The lowest BCUT2D eigenvalue weighted by Crippen LogP contribution is -2.43. The molecule has 1 aliphatic carbocycles. The molecule has 5 nitrogen and oxygen atoms in total. The maximum atomic E-state index is 13.0. The smallest absolute Gasteiger partial charge is 0.243 e. The summed E-state index contributed by atoms with van der Waals surface area (Å²) in [6.07, 6.45) is 2.12. The minimum absolute atomic E-state index is 0.0667. The number of benzene rings is 2. The molecule has 1 heterocycles. The summed E-state index contributed by atoms with van der Waals surface area (Å²) in [5.41, 5.74) is 3.09. The van der Waals surface area contributed by atoms with Crippen LogP contribution in [0.15, 0.2) is 53.4 Å². The molecule has 1 aliphatic heterocycles.